The molecule has 0 aromatic heterocycles. The topological polar surface area (TPSA) is 23.6 Å². The maximum Gasteiger partial charge on any atom is 0.256 e. The first-order valence-electron chi connectivity index (χ1n) is 8.24. The Bertz CT molecular complexity index is 754. The zero-order valence-electron chi connectivity index (χ0n) is 13.7. The van der Waals surface area contributed by atoms with Crippen LogP contribution < -0.4 is 0 Å². The summed E-state index contributed by atoms with van der Waals surface area (Å²) in [5, 5.41) is 0.730. The van der Waals surface area contributed by atoms with Gasteiger partial charge >= 0.3 is 0 Å². The van der Waals surface area contributed by atoms with Crippen LogP contribution in [0.25, 0.3) is 0 Å². The van der Waals surface area contributed by atoms with Gasteiger partial charge in [-0.3, -0.25) is 9.69 Å². The van der Waals surface area contributed by atoms with Crippen LogP contribution in [0.4, 0.5) is 4.39 Å². The Morgan fingerprint density at radius 3 is 2.56 bits per heavy atom. The number of hydrogen-bond acceptors (Lipinski definition) is 2. The molecular formula is C19H19BrClFN2O. The molecule has 0 atom stereocenters. The first-order chi connectivity index (χ1) is 12.0. The molecule has 3 rings (SSSR count). The van der Waals surface area contributed by atoms with Gasteiger partial charge in [0, 0.05) is 42.2 Å². The fraction of sp³-hybridized carbons (Fsp3) is 0.316. The molecule has 1 fully saturated rings. The predicted molar refractivity (Wildman–Crippen MR) is 101 cm³/mol. The van der Waals surface area contributed by atoms with E-state index in [-0.39, 0.29) is 11.5 Å². The van der Waals surface area contributed by atoms with Crippen LogP contribution in [0.1, 0.15) is 22.3 Å². The van der Waals surface area contributed by atoms with E-state index in [0.29, 0.717) is 17.6 Å². The molecule has 0 radical (unpaired) electrons. The van der Waals surface area contributed by atoms with Gasteiger partial charge in [-0.25, -0.2) is 4.39 Å². The van der Waals surface area contributed by atoms with E-state index in [1.807, 2.05) is 24.3 Å². The van der Waals surface area contributed by atoms with Crippen LogP contribution in [0, 0.1) is 5.82 Å². The van der Waals surface area contributed by atoms with E-state index in [9.17, 15) is 9.18 Å². The molecule has 3 nitrogen and oxygen atoms in total. The van der Waals surface area contributed by atoms with Gasteiger partial charge in [0.25, 0.3) is 5.91 Å². The molecule has 1 aliphatic rings. The van der Waals surface area contributed by atoms with Crippen molar-refractivity contribution in [2.75, 3.05) is 26.2 Å². The highest BCUT2D eigenvalue weighted by Crippen LogP contribution is 2.18. The third kappa shape index (κ3) is 4.81. The quantitative estimate of drug-likeness (QED) is 0.718. The molecule has 2 aromatic rings. The number of benzene rings is 2. The van der Waals surface area contributed by atoms with Gasteiger partial charge in [-0.05, 0) is 42.3 Å². The SMILES string of the molecule is O=C(c1ccc(Br)cc1F)N1CCCN(Cc2ccc(Cl)cc2)CC1. The highest BCUT2D eigenvalue weighted by Gasteiger charge is 2.22. The molecule has 1 heterocycles. The van der Waals surface area contributed by atoms with Crippen molar-refractivity contribution in [3.8, 4) is 0 Å². The third-order valence-electron chi connectivity index (χ3n) is 4.36. The summed E-state index contributed by atoms with van der Waals surface area (Å²) >= 11 is 9.14. The first kappa shape index (κ1) is 18.4. The van der Waals surface area contributed by atoms with Gasteiger partial charge < -0.3 is 4.90 Å². The van der Waals surface area contributed by atoms with Crippen LogP contribution in [0.15, 0.2) is 46.9 Å². The number of amides is 1. The number of rotatable bonds is 3. The van der Waals surface area contributed by atoms with Gasteiger partial charge in [0.1, 0.15) is 5.82 Å². The fourth-order valence-electron chi connectivity index (χ4n) is 3.01. The van der Waals surface area contributed by atoms with E-state index in [0.717, 1.165) is 31.1 Å². The first-order valence-corrected chi connectivity index (χ1v) is 9.41. The van der Waals surface area contributed by atoms with Crippen LogP contribution in [0.5, 0.6) is 0 Å². The summed E-state index contributed by atoms with van der Waals surface area (Å²) in [5.74, 6) is -0.722. The van der Waals surface area contributed by atoms with E-state index >= 15 is 0 Å². The number of hydrogen-bond donors (Lipinski definition) is 0. The maximum absolute atomic E-state index is 14.1. The van der Waals surface area contributed by atoms with Gasteiger partial charge in [0.15, 0.2) is 0 Å². The van der Waals surface area contributed by atoms with E-state index in [2.05, 4.69) is 20.8 Å². The van der Waals surface area contributed by atoms with Crippen molar-refractivity contribution in [3.05, 3.63) is 68.9 Å². The molecule has 1 saturated heterocycles. The molecule has 0 unspecified atom stereocenters. The molecule has 0 aliphatic carbocycles. The Morgan fingerprint density at radius 1 is 1.08 bits per heavy atom. The van der Waals surface area contributed by atoms with E-state index in [4.69, 9.17) is 11.6 Å². The molecule has 0 bridgehead atoms. The second kappa shape index (κ2) is 8.30. The number of nitrogens with zero attached hydrogens (tertiary/aromatic N) is 2. The van der Waals surface area contributed by atoms with Gasteiger partial charge in [-0.15, -0.1) is 0 Å². The van der Waals surface area contributed by atoms with Gasteiger partial charge in [-0.2, -0.15) is 0 Å². The molecule has 6 heteroatoms. The summed E-state index contributed by atoms with van der Waals surface area (Å²) in [7, 11) is 0. The Labute approximate surface area is 160 Å². The number of carbonyl (C=O) groups is 1. The average Bonchev–Trinajstić information content (AvgIpc) is 2.82. The van der Waals surface area contributed by atoms with Crippen molar-refractivity contribution in [1.82, 2.24) is 9.80 Å². The molecule has 1 amide bonds. The summed E-state index contributed by atoms with van der Waals surface area (Å²) in [6.07, 6.45) is 0.872. The lowest BCUT2D eigenvalue weighted by Crippen LogP contribution is -2.35. The highest BCUT2D eigenvalue weighted by molar-refractivity contribution is 9.10. The van der Waals surface area contributed by atoms with Crippen LogP contribution in [0.3, 0.4) is 0 Å². The van der Waals surface area contributed by atoms with Crippen LogP contribution in [-0.4, -0.2) is 41.9 Å². The summed E-state index contributed by atoms with van der Waals surface area (Å²) in [4.78, 5) is 16.7. The Kier molecular flexibility index (Phi) is 6.10. The maximum atomic E-state index is 14.1. The number of carbonyl (C=O) groups excluding carboxylic acids is 1. The summed E-state index contributed by atoms with van der Waals surface area (Å²) in [6.45, 7) is 3.75. The van der Waals surface area contributed by atoms with E-state index in [1.54, 1.807) is 11.0 Å². The zero-order valence-corrected chi connectivity index (χ0v) is 16.1. The smallest absolute Gasteiger partial charge is 0.256 e. The molecule has 0 saturated carbocycles. The minimum atomic E-state index is -0.485. The van der Waals surface area contributed by atoms with Crippen LogP contribution in [-0.2, 0) is 6.54 Å². The second-order valence-corrected chi connectivity index (χ2v) is 7.52. The summed E-state index contributed by atoms with van der Waals surface area (Å²) < 4.78 is 14.7. The van der Waals surface area contributed by atoms with Crippen molar-refractivity contribution < 1.29 is 9.18 Å². The van der Waals surface area contributed by atoms with Gasteiger partial charge in [0.2, 0.25) is 0 Å². The summed E-state index contributed by atoms with van der Waals surface area (Å²) in [6, 6.07) is 12.4. The Balaban J connectivity index is 1.62. The van der Waals surface area contributed by atoms with Crippen molar-refractivity contribution in [2.24, 2.45) is 0 Å². The lowest BCUT2D eigenvalue weighted by Gasteiger charge is -2.22. The van der Waals surface area contributed by atoms with Crippen LogP contribution in [0.2, 0.25) is 5.02 Å². The van der Waals surface area contributed by atoms with Crippen molar-refractivity contribution in [1.29, 1.82) is 0 Å². The zero-order chi connectivity index (χ0) is 17.8. The largest absolute Gasteiger partial charge is 0.337 e. The summed E-state index contributed by atoms with van der Waals surface area (Å²) in [5.41, 5.74) is 1.33. The normalized spacial score (nSPS) is 15.9. The monoisotopic (exact) mass is 424 g/mol. The van der Waals surface area contributed by atoms with E-state index < -0.39 is 5.82 Å². The Hall–Kier alpha value is -1.43. The minimum Gasteiger partial charge on any atom is -0.337 e. The third-order valence-corrected chi connectivity index (χ3v) is 5.10. The average molecular weight is 426 g/mol. The van der Waals surface area contributed by atoms with E-state index in [1.165, 1.54) is 17.7 Å². The molecular weight excluding hydrogens is 407 g/mol. The van der Waals surface area contributed by atoms with Crippen molar-refractivity contribution in [3.63, 3.8) is 0 Å². The standard InChI is InChI=1S/C19H19BrClFN2O/c20-15-4-7-17(18(22)12-15)19(25)24-9-1-8-23(10-11-24)13-14-2-5-16(21)6-3-14/h2-7,12H,1,8-11,13H2. The van der Waals surface area contributed by atoms with Crippen molar-refractivity contribution >= 4 is 33.4 Å². The fourth-order valence-corrected chi connectivity index (χ4v) is 3.47. The molecule has 132 valence electrons. The molecule has 0 spiro atoms. The molecule has 1 aliphatic heterocycles. The lowest BCUT2D eigenvalue weighted by atomic mass is 10.2. The lowest BCUT2D eigenvalue weighted by molar-refractivity contribution is 0.0756. The molecule has 25 heavy (non-hydrogen) atoms. The van der Waals surface area contributed by atoms with Crippen LogP contribution >= 0.6 is 27.5 Å². The molecule has 2 aromatic carbocycles. The number of halogens is 3. The minimum absolute atomic E-state index is 0.134. The Morgan fingerprint density at radius 2 is 1.84 bits per heavy atom. The highest BCUT2D eigenvalue weighted by atomic mass is 79.9. The predicted octanol–water partition coefficient (Wildman–Crippen LogP) is 4.59. The van der Waals surface area contributed by atoms with Gasteiger partial charge in [0.05, 0.1) is 5.56 Å². The second-order valence-electron chi connectivity index (χ2n) is 6.17. The van der Waals surface area contributed by atoms with Crippen molar-refractivity contribution in [2.45, 2.75) is 13.0 Å². The van der Waals surface area contributed by atoms with Gasteiger partial charge in [-0.1, -0.05) is 39.7 Å². The molecule has 0 N–H and O–H groups in total.